The second kappa shape index (κ2) is 5.61. The molecule has 0 bridgehead atoms. The van der Waals surface area contributed by atoms with Crippen LogP contribution in [0, 0.1) is 0 Å². The molecular weight excluding hydrogens is 238 g/mol. The molecule has 0 aliphatic carbocycles. The van der Waals surface area contributed by atoms with E-state index >= 15 is 0 Å². The second-order valence-corrected chi connectivity index (χ2v) is 5.90. The van der Waals surface area contributed by atoms with Gasteiger partial charge in [0.15, 0.2) is 0 Å². The number of rotatable bonds is 5. The predicted octanol–water partition coefficient (Wildman–Crippen LogP) is 3.25. The van der Waals surface area contributed by atoms with Crippen LogP contribution in [-0.2, 0) is 18.6 Å². The van der Waals surface area contributed by atoms with Gasteiger partial charge in [0.1, 0.15) is 0 Å². The van der Waals surface area contributed by atoms with E-state index in [4.69, 9.17) is 4.42 Å². The SMILES string of the molecule is CCN(Cc1ccoc1)Cc1cnn(C(C)(C)C)c1. The summed E-state index contributed by atoms with van der Waals surface area (Å²) in [7, 11) is 0. The molecule has 0 amide bonds. The van der Waals surface area contributed by atoms with Crippen LogP contribution in [0.15, 0.2) is 35.4 Å². The van der Waals surface area contributed by atoms with Crippen molar-refractivity contribution in [1.82, 2.24) is 14.7 Å². The lowest BCUT2D eigenvalue weighted by Crippen LogP contribution is -2.23. The highest BCUT2D eigenvalue weighted by Gasteiger charge is 2.15. The quantitative estimate of drug-likeness (QED) is 0.828. The third-order valence-corrected chi connectivity index (χ3v) is 3.16. The molecule has 0 N–H and O–H groups in total. The summed E-state index contributed by atoms with van der Waals surface area (Å²) in [6, 6.07) is 2.02. The lowest BCUT2D eigenvalue weighted by Gasteiger charge is -2.20. The molecule has 2 rings (SSSR count). The molecule has 0 aliphatic rings. The maximum absolute atomic E-state index is 5.12. The number of nitrogens with zero attached hydrogens (tertiary/aromatic N) is 3. The lowest BCUT2D eigenvalue weighted by molar-refractivity contribution is 0.270. The van der Waals surface area contributed by atoms with Crippen LogP contribution in [0.2, 0.25) is 0 Å². The first kappa shape index (κ1) is 13.9. The van der Waals surface area contributed by atoms with E-state index in [0.717, 1.165) is 19.6 Å². The van der Waals surface area contributed by atoms with Gasteiger partial charge in [0.2, 0.25) is 0 Å². The van der Waals surface area contributed by atoms with Gasteiger partial charge in [-0.15, -0.1) is 0 Å². The summed E-state index contributed by atoms with van der Waals surface area (Å²) >= 11 is 0. The maximum Gasteiger partial charge on any atom is 0.0947 e. The molecular formula is C15H23N3O. The molecule has 2 aromatic rings. The molecule has 0 unspecified atom stereocenters. The molecule has 4 nitrogen and oxygen atoms in total. The summed E-state index contributed by atoms with van der Waals surface area (Å²) in [6.45, 7) is 11.5. The van der Waals surface area contributed by atoms with Gasteiger partial charge in [0.25, 0.3) is 0 Å². The zero-order chi connectivity index (χ0) is 13.9. The Labute approximate surface area is 115 Å². The lowest BCUT2D eigenvalue weighted by atomic mass is 10.1. The van der Waals surface area contributed by atoms with Crippen molar-refractivity contribution < 1.29 is 4.42 Å². The molecule has 0 radical (unpaired) electrons. The number of hydrogen-bond acceptors (Lipinski definition) is 3. The van der Waals surface area contributed by atoms with Gasteiger partial charge in [0, 0.05) is 30.4 Å². The van der Waals surface area contributed by atoms with Gasteiger partial charge in [-0.05, 0) is 33.4 Å². The summed E-state index contributed by atoms with van der Waals surface area (Å²) in [5.74, 6) is 0. The molecule has 4 heteroatoms. The average molecular weight is 261 g/mol. The van der Waals surface area contributed by atoms with E-state index < -0.39 is 0 Å². The van der Waals surface area contributed by atoms with Crippen LogP contribution in [0.25, 0.3) is 0 Å². The van der Waals surface area contributed by atoms with Crippen molar-refractivity contribution in [2.45, 2.75) is 46.3 Å². The third-order valence-electron chi connectivity index (χ3n) is 3.16. The summed E-state index contributed by atoms with van der Waals surface area (Å²) in [6.07, 6.45) is 7.63. The molecule has 0 aromatic carbocycles. The zero-order valence-electron chi connectivity index (χ0n) is 12.3. The molecule has 0 fully saturated rings. The van der Waals surface area contributed by atoms with Crippen molar-refractivity contribution in [2.75, 3.05) is 6.54 Å². The smallest absolute Gasteiger partial charge is 0.0947 e. The van der Waals surface area contributed by atoms with E-state index in [-0.39, 0.29) is 5.54 Å². The first-order valence-corrected chi connectivity index (χ1v) is 6.76. The number of aromatic nitrogens is 2. The van der Waals surface area contributed by atoms with Crippen molar-refractivity contribution in [3.8, 4) is 0 Å². The Hall–Kier alpha value is -1.55. The van der Waals surface area contributed by atoms with Crippen molar-refractivity contribution >= 4 is 0 Å². The van der Waals surface area contributed by atoms with Crippen molar-refractivity contribution in [1.29, 1.82) is 0 Å². The first-order valence-electron chi connectivity index (χ1n) is 6.76. The van der Waals surface area contributed by atoms with Crippen LogP contribution in [-0.4, -0.2) is 21.2 Å². The Morgan fingerprint density at radius 1 is 1.26 bits per heavy atom. The van der Waals surface area contributed by atoms with Crippen molar-refractivity contribution in [3.63, 3.8) is 0 Å². The monoisotopic (exact) mass is 261 g/mol. The fraction of sp³-hybridized carbons (Fsp3) is 0.533. The van der Waals surface area contributed by atoms with Gasteiger partial charge in [-0.2, -0.15) is 5.10 Å². The molecule has 2 aromatic heterocycles. The van der Waals surface area contributed by atoms with Gasteiger partial charge >= 0.3 is 0 Å². The molecule has 0 atom stereocenters. The molecule has 0 spiro atoms. The van der Waals surface area contributed by atoms with E-state index in [2.05, 4.69) is 43.9 Å². The average Bonchev–Trinajstić information content (AvgIpc) is 2.98. The van der Waals surface area contributed by atoms with Gasteiger partial charge < -0.3 is 4.42 Å². The Balaban J connectivity index is 2.00. The van der Waals surface area contributed by atoms with Crippen LogP contribution >= 0.6 is 0 Å². The summed E-state index contributed by atoms with van der Waals surface area (Å²) in [5, 5.41) is 4.44. The van der Waals surface area contributed by atoms with Gasteiger partial charge in [-0.25, -0.2) is 0 Å². The van der Waals surface area contributed by atoms with Gasteiger partial charge in [-0.3, -0.25) is 9.58 Å². The molecule has 0 saturated heterocycles. The van der Waals surface area contributed by atoms with Crippen LogP contribution in [0.5, 0.6) is 0 Å². The van der Waals surface area contributed by atoms with E-state index in [1.54, 1.807) is 12.5 Å². The van der Waals surface area contributed by atoms with Gasteiger partial charge in [-0.1, -0.05) is 6.92 Å². The second-order valence-electron chi connectivity index (χ2n) is 5.90. The number of hydrogen-bond donors (Lipinski definition) is 0. The molecule has 104 valence electrons. The van der Waals surface area contributed by atoms with E-state index in [1.807, 2.05) is 16.9 Å². The molecule has 0 aliphatic heterocycles. The highest BCUT2D eigenvalue weighted by atomic mass is 16.3. The summed E-state index contributed by atoms with van der Waals surface area (Å²) in [4.78, 5) is 2.37. The molecule has 2 heterocycles. The fourth-order valence-electron chi connectivity index (χ4n) is 1.99. The Kier molecular flexibility index (Phi) is 4.10. The van der Waals surface area contributed by atoms with Crippen LogP contribution < -0.4 is 0 Å². The van der Waals surface area contributed by atoms with Crippen molar-refractivity contribution in [2.24, 2.45) is 0 Å². The standard InChI is InChI=1S/C15H23N3O/c1-5-17(9-13-6-7-19-12-13)10-14-8-16-18(11-14)15(2,3)4/h6-8,11-12H,5,9-10H2,1-4H3. The number of furan rings is 1. The molecule has 19 heavy (non-hydrogen) atoms. The minimum Gasteiger partial charge on any atom is -0.472 e. The summed E-state index contributed by atoms with van der Waals surface area (Å²) < 4.78 is 7.14. The highest BCUT2D eigenvalue weighted by molar-refractivity contribution is 5.08. The largest absolute Gasteiger partial charge is 0.472 e. The normalized spacial score (nSPS) is 12.3. The minimum atomic E-state index is 0.0415. The van der Waals surface area contributed by atoms with E-state index in [0.29, 0.717) is 0 Å². The highest BCUT2D eigenvalue weighted by Crippen LogP contribution is 2.15. The zero-order valence-corrected chi connectivity index (χ0v) is 12.3. The predicted molar refractivity (Wildman–Crippen MR) is 75.7 cm³/mol. The van der Waals surface area contributed by atoms with Crippen LogP contribution in [0.3, 0.4) is 0 Å². The van der Waals surface area contributed by atoms with Gasteiger partial charge in [0.05, 0.1) is 24.3 Å². The van der Waals surface area contributed by atoms with Crippen molar-refractivity contribution in [3.05, 3.63) is 42.1 Å². The Morgan fingerprint density at radius 2 is 2.00 bits per heavy atom. The third kappa shape index (κ3) is 3.70. The molecule has 0 saturated carbocycles. The van der Waals surface area contributed by atoms with Crippen LogP contribution in [0.1, 0.15) is 38.8 Å². The van der Waals surface area contributed by atoms with E-state index in [1.165, 1.54) is 11.1 Å². The topological polar surface area (TPSA) is 34.2 Å². The fourth-order valence-corrected chi connectivity index (χ4v) is 1.99. The Bertz CT molecular complexity index is 494. The minimum absolute atomic E-state index is 0.0415. The Morgan fingerprint density at radius 3 is 2.53 bits per heavy atom. The maximum atomic E-state index is 5.12. The van der Waals surface area contributed by atoms with E-state index in [9.17, 15) is 0 Å². The van der Waals surface area contributed by atoms with Crippen LogP contribution in [0.4, 0.5) is 0 Å². The first-order chi connectivity index (χ1) is 8.99. The summed E-state index contributed by atoms with van der Waals surface area (Å²) in [5.41, 5.74) is 2.50.